The third kappa shape index (κ3) is 3.22. The number of fused-ring (bicyclic) bond motifs is 1. The fourth-order valence-electron chi connectivity index (χ4n) is 2.90. The smallest absolute Gasteiger partial charge is 0.122 e. The lowest BCUT2D eigenvalue weighted by atomic mass is 10.1. The molecule has 0 aromatic heterocycles. The molecule has 0 aliphatic heterocycles. The van der Waals surface area contributed by atoms with Gasteiger partial charge in [-0.2, -0.15) is 0 Å². The number of hydrogen-bond donors (Lipinski definition) is 1. The molecule has 2 atom stereocenters. The van der Waals surface area contributed by atoms with Crippen molar-refractivity contribution in [1.82, 2.24) is 5.32 Å². The van der Waals surface area contributed by atoms with Crippen LogP contribution in [0.2, 0.25) is 5.02 Å². The van der Waals surface area contributed by atoms with Crippen LogP contribution in [0.25, 0.3) is 0 Å². The lowest BCUT2D eigenvalue weighted by molar-refractivity contribution is 0.167. The van der Waals surface area contributed by atoms with Crippen molar-refractivity contribution < 1.29 is 4.74 Å². The van der Waals surface area contributed by atoms with Crippen molar-refractivity contribution in [1.29, 1.82) is 0 Å². The number of ether oxygens (including phenoxy) is 1. The van der Waals surface area contributed by atoms with E-state index in [1.807, 2.05) is 24.3 Å². The van der Waals surface area contributed by atoms with Crippen LogP contribution in [-0.4, -0.2) is 12.6 Å². The van der Waals surface area contributed by atoms with Gasteiger partial charge in [-0.05, 0) is 48.4 Å². The molecule has 2 aromatic rings. The van der Waals surface area contributed by atoms with Crippen LogP contribution in [0.4, 0.5) is 0 Å². The van der Waals surface area contributed by atoms with E-state index in [0.29, 0.717) is 0 Å². The minimum absolute atomic E-state index is 0.134. The Morgan fingerprint density at radius 2 is 1.90 bits per heavy atom. The van der Waals surface area contributed by atoms with E-state index in [2.05, 4.69) is 36.5 Å². The van der Waals surface area contributed by atoms with Crippen LogP contribution in [0.3, 0.4) is 0 Å². The van der Waals surface area contributed by atoms with Crippen LogP contribution in [0, 0.1) is 0 Å². The summed E-state index contributed by atoms with van der Waals surface area (Å²) < 4.78 is 6.20. The van der Waals surface area contributed by atoms with Gasteiger partial charge in [-0.3, -0.25) is 0 Å². The van der Waals surface area contributed by atoms with Gasteiger partial charge in [-0.15, -0.1) is 0 Å². The number of hydrogen-bond acceptors (Lipinski definition) is 2. The van der Waals surface area contributed by atoms with Crippen molar-refractivity contribution in [2.45, 2.75) is 31.9 Å². The molecule has 110 valence electrons. The molecule has 0 spiro atoms. The minimum atomic E-state index is 0.134. The van der Waals surface area contributed by atoms with E-state index in [9.17, 15) is 0 Å². The molecule has 0 bridgehead atoms. The summed E-state index contributed by atoms with van der Waals surface area (Å²) in [6.07, 6.45) is 2.20. The van der Waals surface area contributed by atoms with Gasteiger partial charge in [-0.25, -0.2) is 0 Å². The molecule has 2 unspecified atom stereocenters. The second kappa shape index (κ2) is 6.50. The largest absolute Gasteiger partial charge is 0.488 e. The molecule has 0 fully saturated rings. The fraction of sp³-hybridized carbons (Fsp3) is 0.333. The zero-order valence-corrected chi connectivity index (χ0v) is 12.9. The van der Waals surface area contributed by atoms with Gasteiger partial charge in [0, 0.05) is 11.4 Å². The molecule has 0 saturated heterocycles. The van der Waals surface area contributed by atoms with Crippen molar-refractivity contribution in [2.75, 3.05) is 6.54 Å². The molecule has 1 aliphatic rings. The number of nitrogens with one attached hydrogen (secondary N) is 1. The Balaban J connectivity index is 1.79. The van der Waals surface area contributed by atoms with Gasteiger partial charge < -0.3 is 10.1 Å². The summed E-state index contributed by atoms with van der Waals surface area (Å²) in [5, 5.41) is 4.35. The normalized spacial score (nSPS) is 20.3. The molecule has 0 heterocycles. The maximum Gasteiger partial charge on any atom is 0.122 e. The van der Waals surface area contributed by atoms with Gasteiger partial charge in [0.05, 0.1) is 6.04 Å². The summed E-state index contributed by atoms with van der Waals surface area (Å²) in [7, 11) is 0. The van der Waals surface area contributed by atoms with E-state index in [4.69, 9.17) is 16.3 Å². The number of benzene rings is 2. The van der Waals surface area contributed by atoms with Gasteiger partial charge in [0.1, 0.15) is 11.9 Å². The van der Waals surface area contributed by atoms with Crippen molar-refractivity contribution in [2.24, 2.45) is 0 Å². The number of halogens is 1. The highest BCUT2D eigenvalue weighted by atomic mass is 35.5. The van der Waals surface area contributed by atoms with E-state index in [1.165, 1.54) is 11.1 Å². The molecule has 1 aliphatic carbocycles. The maximum atomic E-state index is 6.20. The second-order valence-corrected chi connectivity index (χ2v) is 5.88. The Bertz CT molecular complexity index is 596. The fourth-order valence-corrected chi connectivity index (χ4v) is 3.02. The SMILES string of the molecule is CCCNC1c2ccccc2CC1Oc1ccc(Cl)cc1. The first kappa shape index (κ1) is 14.4. The molecule has 1 N–H and O–H groups in total. The Morgan fingerprint density at radius 3 is 2.67 bits per heavy atom. The van der Waals surface area contributed by atoms with Crippen molar-refractivity contribution in [3.05, 3.63) is 64.7 Å². The van der Waals surface area contributed by atoms with Gasteiger partial charge >= 0.3 is 0 Å². The Labute approximate surface area is 131 Å². The van der Waals surface area contributed by atoms with Gasteiger partial charge in [0.25, 0.3) is 0 Å². The maximum absolute atomic E-state index is 6.20. The second-order valence-electron chi connectivity index (χ2n) is 5.44. The number of rotatable bonds is 5. The van der Waals surface area contributed by atoms with Crippen LogP contribution in [0.1, 0.15) is 30.5 Å². The van der Waals surface area contributed by atoms with Crippen LogP contribution < -0.4 is 10.1 Å². The highest BCUT2D eigenvalue weighted by molar-refractivity contribution is 6.30. The lowest BCUT2D eigenvalue weighted by Gasteiger charge is -2.23. The van der Waals surface area contributed by atoms with Crippen molar-refractivity contribution >= 4 is 11.6 Å². The Morgan fingerprint density at radius 1 is 1.14 bits per heavy atom. The van der Waals surface area contributed by atoms with E-state index >= 15 is 0 Å². The summed E-state index contributed by atoms with van der Waals surface area (Å²) >= 11 is 5.93. The highest BCUT2D eigenvalue weighted by Gasteiger charge is 2.33. The zero-order valence-electron chi connectivity index (χ0n) is 12.2. The topological polar surface area (TPSA) is 21.3 Å². The van der Waals surface area contributed by atoms with Gasteiger partial charge in [0.2, 0.25) is 0 Å². The summed E-state index contributed by atoms with van der Waals surface area (Å²) in [4.78, 5) is 0. The van der Waals surface area contributed by atoms with E-state index in [-0.39, 0.29) is 12.1 Å². The summed E-state index contributed by atoms with van der Waals surface area (Å²) in [6, 6.07) is 16.5. The Hall–Kier alpha value is -1.51. The molecule has 2 aromatic carbocycles. The van der Waals surface area contributed by atoms with Gasteiger partial charge in [0.15, 0.2) is 0 Å². The van der Waals surface area contributed by atoms with Crippen LogP contribution >= 0.6 is 11.6 Å². The molecule has 2 nitrogen and oxygen atoms in total. The van der Waals surface area contributed by atoms with Crippen molar-refractivity contribution in [3.63, 3.8) is 0 Å². The Kier molecular flexibility index (Phi) is 4.47. The standard InChI is InChI=1S/C18H20ClNO/c1-2-11-20-18-16-6-4-3-5-13(16)12-17(18)21-15-9-7-14(19)8-10-15/h3-10,17-18,20H,2,11-12H2,1H3. The third-order valence-corrected chi connectivity index (χ3v) is 4.15. The lowest BCUT2D eigenvalue weighted by Crippen LogP contribution is -2.33. The molecule has 3 rings (SSSR count). The van der Waals surface area contributed by atoms with Crippen molar-refractivity contribution in [3.8, 4) is 5.75 Å². The molecular weight excluding hydrogens is 282 g/mol. The first-order valence-corrected chi connectivity index (χ1v) is 7.89. The quantitative estimate of drug-likeness (QED) is 0.884. The minimum Gasteiger partial charge on any atom is -0.488 e. The average molecular weight is 302 g/mol. The average Bonchev–Trinajstić information content (AvgIpc) is 2.85. The predicted octanol–water partition coefficient (Wildman–Crippen LogP) is 4.38. The zero-order chi connectivity index (χ0) is 14.7. The third-order valence-electron chi connectivity index (χ3n) is 3.90. The summed E-state index contributed by atoms with van der Waals surface area (Å²) in [5.74, 6) is 0.875. The molecular formula is C18H20ClNO. The van der Waals surface area contributed by atoms with Crippen LogP contribution in [0.15, 0.2) is 48.5 Å². The first-order chi connectivity index (χ1) is 10.3. The van der Waals surface area contributed by atoms with Crippen LogP contribution in [0.5, 0.6) is 5.75 Å². The van der Waals surface area contributed by atoms with E-state index < -0.39 is 0 Å². The first-order valence-electron chi connectivity index (χ1n) is 7.51. The summed E-state index contributed by atoms with van der Waals surface area (Å²) in [6.45, 7) is 3.18. The summed E-state index contributed by atoms with van der Waals surface area (Å²) in [5.41, 5.74) is 2.75. The highest BCUT2D eigenvalue weighted by Crippen LogP contribution is 2.34. The van der Waals surface area contributed by atoms with Gasteiger partial charge in [-0.1, -0.05) is 42.8 Å². The van der Waals surface area contributed by atoms with Crippen LogP contribution in [-0.2, 0) is 6.42 Å². The van der Waals surface area contributed by atoms with E-state index in [1.54, 1.807) is 0 Å². The molecule has 0 amide bonds. The molecule has 21 heavy (non-hydrogen) atoms. The molecule has 0 radical (unpaired) electrons. The molecule has 0 saturated carbocycles. The predicted molar refractivity (Wildman–Crippen MR) is 87.0 cm³/mol. The monoisotopic (exact) mass is 301 g/mol. The van der Waals surface area contributed by atoms with E-state index in [0.717, 1.165) is 30.2 Å². The molecule has 3 heteroatoms.